The van der Waals surface area contributed by atoms with Crippen molar-refractivity contribution in [1.29, 1.82) is 0 Å². The molecule has 0 radical (unpaired) electrons. The topological polar surface area (TPSA) is 43.1 Å². The van der Waals surface area contributed by atoms with Crippen molar-refractivity contribution >= 4 is 46.4 Å². The largest absolute Gasteiger partial charge is 0.341 e. The fraction of sp³-hybridized carbons (Fsp3) is 0.200. The third-order valence-electron chi connectivity index (χ3n) is 0.965. The molecule has 0 amide bonds. The summed E-state index contributed by atoms with van der Waals surface area (Å²) in [6.45, 7) is 1.35. The van der Waals surface area contributed by atoms with Crippen molar-refractivity contribution in [2.45, 2.75) is 6.92 Å². The molecule has 0 aliphatic rings. The lowest BCUT2D eigenvalue weighted by Gasteiger charge is -1.96. The fourth-order valence-electron chi connectivity index (χ4n) is 0.369. The van der Waals surface area contributed by atoms with Crippen LogP contribution in [-0.2, 0) is 0 Å². The lowest BCUT2D eigenvalue weighted by atomic mass is 10.3. The van der Waals surface area contributed by atoms with Crippen LogP contribution < -0.4 is 0 Å². The van der Waals surface area contributed by atoms with Gasteiger partial charge in [-0.3, -0.25) is 10.1 Å². The van der Waals surface area contributed by atoms with Crippen molar-refractivity contribution in [2.24, 2.45) is 0 Å². The standard InChI is InChI=1S/C5H3Cl4NO2/c1-2(3(6)4(7)8)5(9)10(11)12/h1H3/b5-2+. The van der Waals surface area contributed by atoms with Gasteiger partial charge in [0, 0.05) is 0 Å². The Balaban J connectivity index is 5.06. The van der Waals surface area contributed by atoms with Crippen LogP contribution in [0.1, 0.15) is 6.92 Å². The van der Waals surface area contributed by atoms with E-state index in [0.717, 1.165) is 0 Å². The van der Waals surface area contributed by atoms with E-state index in [1.54, 1.807) is 0 Å². The summed E-state index contributed by atoms with van der Waals surface area (Å²) in [7, 11) is 0. The van der Waals surface area contributed by atoms with E-state index in [2.05, 4.69) is 0 Å². The van der Waals surface area contributed by atoms with Gasteiger partial charge in [-0.15, -0.1) is 0 Å². The highest BCUT2D eigenvalue weighted by Gasteiger charge is 2.15. The number of rotatable bonds is 2. The van der Waals surface area contributed by atoms with E-state index >= 15 is 0 Å². The minimum Gasteiger partial charge on any atom is -0.257 e. The third kappa shape index (κ3) is 3.19. The van der Waals surface area contributed by atoms with Crippen LogP contribution in [0, 0.1) is 10.1 Å². The van der Waals surface area contributed by atoms with Crippen LogP contribution in [0.3, 0.4) is 0 Å². The molecule has 0 saturated heterocycles. The second kappa shape index (κ2) is 4.92. The molecule has 0 atom stereocenters. The summed E-state index contributed by atoms with van der Waals surface area (Å²) < 4.78 is -0.255. The summed E-state index contributed by atoms with van der Waals surface area (Å²) in [6.07, 6.45) is 0. The molecule has 0 fully saturated rings. The molecule has 0 aromatic heterocycles. The molecule has 0 saturated carbocycles. The normalized spacial score (nSPS) is 12.1. The van der Waals surface area contributed by atoms with Crippen LogP contribution in [0.15, 0.2) is 20.3 Å². The number of nitrogens with zero attached hydrogens (tertiary/aromatic N) is 1. The quantitative estimate of drug-likeness (QED) is 0.325. The van der Waals surface area contributed by atoms with Crippen molar-refractivity contribution in [2.75, 3.05) is 0 Å². The lowest BCUT2D eigenvalue weighted by molar-refractivity contribution is -0.413. The molecular formula is C5H3Cl4NO2. The predicted octanol–water partition coefficient (Wildman–Crippen LogP) is 3.62. The summed E-state index contributed by atoms with van der Waals surface area (Å²) in [5, 5.41) is 9.39. The maximum atomic E-state index is 10.1. The molecule has 0 heterocycles. The second-order valence-electron chi connectivity index (χ2n) is 1.75. The zero-order valence-electron chi connectivity index (χ0n) is 5.78. The van der Waals surface area contributed by atoms with Crippen LogP contribution in [0.25, 0.3) is 0 Å². The maximum absolute atomic E-state index is 10.1. The van der Waals surface area contributed by atoms with Gasteiger partial charge in [-0.2, -0.15) is 0 Å². The van der Waals surface area contributed by atoms with Gasteiger partial charge in [-0.1, -0.05) is 34.8 Å². The number of nitro groups is 1. The molecule has 68 valence electrons. The van der Waals surface area contributed by atoms with Gasteiger partial charge in [0.1, 0.15) is 4.49 Å². The lowest BCUT2D eigenvalue weighted by Crippen LogP contribution is -1.95. The first-order valence-corrected chi connectivity index (χ1v) is 4.11. The summed E-state index contributed by atoms with van der Waals surface area (Å²) in [5.41, 5.74) is 0.0309. The molecule has 0 spiro atoms. The Bertz CT molecular complexity index is 267. The molecular weight excluding hydrogens is 248 g/mol. The molecule has 0 unspecified atom stereocenters. The summed E-state index contributed by atoms with van der Waals surface area (Å²) >= 11 is 21.3. The average Bonchev–Trinajstić information content (AvgIpc) is 2.00. The Morgan fingerprint density at radius 3 is 1.92 bits per heavy atom. The highest BCUT2D eigenvalue weighted by Crippen LogP contribution is 2.28. The molecule has 0 N–H and O–H groups in total. The molecule has 0 aliphatic carbocycles. The molecule has 0 rings (SSSR count). The van der Waals surface area contributed by atoms with E-state index in [-0.39, 0.29) is 15.1 Å². The Hall–Kier alpha value is 0.0400. The van der Waals surface area contributed by atoms with Gasteiger partial charge in [0.05, 0.1) is 15.5 Å². The molecule has 3 nitrogen and oxygen atoms in total. The minimum absolute atomic E-state index is 0.0309. The van der Waals surface area contributed by atoms with E-state index in [1.807, 2.05) is 0 Å². The van der Waals surface area contributed by atoms with E-state index in [9.17, 15) is 10.1 Å². The fourth-order valence-corrected chi connectivity index (χ4v) is 0.885. The van der Waals surface area contributed by atoms with Crippen molar-refractivity contribution in [3.8, 4) is 0 Å². The van der Waals surface area contributed by atoms with Gasteiger partial charge in [0.2, 0.25) is 0 Å². The highest BCUT2D eigenvalue weighted by molar-refractivity contribution is 6.60. The van der Waals surface area contributed by atoms with Gasteiger partial charge in [-0.25, -0.2) is 0 Å². The molecule has 0 aliphatic heterocycles. The van der Waals surface area contributed by atoms with Gasteiger partial charge in [0.25, 0.3) is 0 Å². The van der Waals surface area contributed by atoms with E-state index in [0.29, 0.717) is 0 Å². The van der Waals surface area contributed by atoms with Crippen molar-refractivity contribution in [1.82, 2.24) is 0 Å². The molecule has 0 aromatic carbocycles. The molecule has 0 aromatic rings. The van der Waals surface area contributed by atoms with Crippen molar-refractivity contribution < 1.29 is 4.92 Å². The zero-order valence-corrected chi connectivity index (χ0v) is 8.80. The van der Waals surface area contributed by atoms with Crippen molar-refractivity contribution in [3.05, 3.63) is 30.4 Å². The summed E-state index contributed by atoms with van der Waals surface area (Å²) in [5.74, 6) is 0. The van der Waals surface area contributed by atoms with Gasteiger partial charge in [0.15, 0.2) is 0 Å². The molecule has 0 bridgehead atoms. The Morgan fingerprint density at radius 2 is 1.67 bits per heavy atom. The van der Waals surface area contributed by atoms with Gasteiger partial charge >= 0.3 is 5.16 Å². The third-order valence-corrected chi connectivity index (χ3v) is 2.43. The minimum atomic E-state index is -0.782. The zero-order chi connectivity index (χ0) is 9.89. The van der Waals surface area contributed by atoms with Crippen LogP contribution in [0.2, 0.25) is 0 Å². The smallest absolute Gasteiger partial charge is 0.257 e. The maximum Gasteiger partial charge on any atom is 0.341 e. The number of allylic oxidation sites excluding steroid dienone is 2. The van der Waals surface area contributed by atoms with E-state index < -0.39 is 10.1 Å². The molecule has 7 heteroatoms. The highest BCUT2D eigenvalue weighted by atomic mass is 35.5. The average molecular weight is 251 g/mol. The van der Waals surface area contributed by atoms with Gasteiger partial charge in [-0.05, 0) is 18.5 Å². The monoisotopic (exact) mass is 249 g/mol. The van der Waals surface area contributed by atoms with Crippen molar-refractivity contribution in [3.63, 3.8) is 0 Å². The number of hydrogen-bond acceptors (Lipinski definition) is 2. The summed E-state index contributed by atoms with van der Waals surface area (Å²) in [6, 6.07) is 0. The second-order valence-corrected chi connectivity index (χ2v) is 3.43. The van der Waals surface area contributed by atoms with Crippen LogP contribution in [-0.4, -0.2) is 4.92 Å². The first-order valence-electron chi connectivity index (χ1n) is 2.59. The first-order chi connectivity index (χ1) is 5.37. The Labute approximate surface area is 88.7 Å². The number of hydrogen-bond donors (Lipinski definition) is 0. The van der Waals surface area contributed by atoms with Crippen LogP contribution in [0.5, 0.6) is 0 Å². The summed E-state index contributed by atoms with van der Waals surface area (Å²) in [4.78, 5) is 9.33. The number of halogens is 4. The van der Waals surface area contributed by atoms with E-state index in [4.69, 9.17) is 46.4 Å². The molecule has 12 heavy (non-hydrogen) atoms. The Kier molecular flexibility index (Phi) is 4.94. The first kappa shape index (κ1) is 12.0. The predicted molar refractivity (Wildman–Crippen MR) is 50.1 cm³/mol. The SMILES string of the molecule is C/C(C(Cl)=C(Cl)Cl)=C(/Cl)[N+](=O)[O-]. The van der Waals surface area contributed by atoms with Crippen LogP contribution >= 0.6 is 46.4 Å². The van der Waals surface area contributed by atoms with Gasteiger partial charge < -0.3 is 0 Å². The van der Waals surface area contributed by atoms with Crippen LogP contribution in [0.4, 0.5) is 0 Å². The Morgan fingerprint density at radius 1 is 1.25 bits per heavy atom. The van der Waals surface area contributed by atoms with E-state index in [1.165, 1.54) is 6.92 Å².